The molecule has 0 aliphatic rings. The molecule has 6 heteroatoms. The molecular formula is C21H17NO5. The molecule has 0 bridgehead atoms. The van der Waals surface area contributed by atoms with E-state index in [9.17, 15) is 9.59 Å². The molecule has 0 atom stereocenters. The molecule has 0 spiro atoms. The van der Waals surface area contributed by atoms with Gasteiger partial charge in [-0.3, -0.25) is 0 Å². The van der Waals surface area contributed by atoms with Gasteiger partial charge >= 0.3 is 11.9 Å². The summed E-state index contributed by atoms with van der Waals surface area (Å²) in [5.41, 5.74) is 1.61. The van der Waals surface area contributed by atoms with Crippen molar-refractivity contribution in [2.24, 2.45) is 0 Å². The van der Waals surface area contributed by atoms with E-state index >= 15 is 0 Å². The van der Waals surface area contributed by atoms with Crippen LogP contribution in [-0.2, 0) is 9.53 Å². The van der Waals surface area contributed by atoms with Crippen molar-refractivity contribution in [3.8, 4) is 11.5 Å². The van der Waals surface area contributed by atoms with Gasteiger partial charge in [0.1, 0.15) is 5.69 Å². The number of aromatic nitrogens is 1. The Morgan fingerprint density at radius 2 is 1.78 bits per heavy atom. The van der Waals surface area contributed by atoms with Crippen LogP contribution in [0.25, 0.3) is 17.0 Å². The number of para-hydroxylation sites is 1. The Morgan fingerprint density at radius 1 is 0.963 bits per heavy atom. The quantitative estimate of drug-likeness (QED) is 0.391. The highest BCUT2D eigenvalue weighted by Crippen LogP contribution is 2.29. The maximum absolute atomic E-state index is 12.4. The van der Waals surface area contributed by atoms with E-state index in [2.05, 4.69) is 9.72 Å². The van der Waals surface area contributed by atoms with E-state index in [0.717, 1.165) is 5.39 Å². The van der Waals surface area contributed by atoms with Crippen molar-refractivity contribution in [1.29, 1.82) is 0 Å². The van der Waals surface area contributed by atoms with Crippen molar-refractivity contribution in [2.75, 3.05) is 14.2 Å². The molecule has 3 aromatic rings. The van der Waals surface area contributed by atoms with E-state index in [1.165, 1.54) is 20.3 Å². The van der Waals surface area contributed by atoms with Crippen molar-refractivity contribution < 1.29 is 23.8 Å². The number of pyridine rings is 1. The van der Waals surface area contributed by atoms with E-state index < -0.39 is 11.9 Å². The number of hydrogen-bond acceptors (Lipinski definition) is 6. The van der Waals surface area contributed by atoms with Crippen LogP contribution in [0.4, 0.5) is 0 Å². The van der Waals surface area contributed by atoms with Gasteiger partial charge in [0.05, 0.1) is 19.7 Å². The van der Waals surface area contributed by atoms with Crippen LogP contribution in [0.2, 0.25) is 0 Å². The number of methoxy groups -OCH3 is 2. The number of ether oxygens (including phenoxy) is 3. The molecule has 3 rings (SSSR count). The van der Waals surface area contributed by atoms with Crippen LogP contribution in [-0.4, -0.2) is 31.1 Å². The van der Waals surface area contributed by atoms with Crippen LogP contribution >= 0.6 is 0 Å². The van der Waals surface area contributed by atoms with E-state index in [0.29, 0.717) is 16.8 Å². The summed E-state index contributed by atoms with van der Waals surface area (Å²) in [6.45, 7) is 0. The highest BCUT2D eigenvalue weighted by molar-refractivity contribution is 5.92. The van der Waals surface area contributed by atoms with E-state index in [1.54, 1.807) is 30.3 Å². The molecule has 0 amide bonds. The van der Waals surface area contributed by atoms with Crippen LogP contribution in [0.5, 0.6) is 11.5 Å². The maximum Gasteiger partial charge on any atom is 0.362 e. The third kappa shape index (κ3) is 4.30. The number of rotatable bonds is 5. The minimum absolute atomic E-state index is 0.199. The lowest BCUT2D eigenvalue weighted by atomic mass is 10.2. The second kappa shape index (κ2) is 8.14. The molecule has 1 aromatic heterocycles. The molecule has 0 fully saturated rings. The summed E-state index contributed by atoms with van der Waals surface area (Å²) in [5.74, 6) is -0.437. The van der Waals surface area contributed by atoms with Crippen molar-refractivity contribution in [3.05, 3.63) is 71.9 Å². The standard InChI is InChI=1S/C21H17NO5/c1-25-19-13-14(8-12-20(23)26-2)7-11-18(19)27-21(24)17-10-9-15-5-3-4-6-16(15)22-17/h3-13H,1-2H3/b12-8+. The van der Waals surface area contributed by atoms with Gasteiger partial charge in [-0.05, 0) is 35.9 Å². The van der Waals surface area contributed by atoms with Crippen LogP contribution in [0.15, 0.2) is 60.7 Å². The highest BCUT2D eigenvalue weighted by atomic mass is 16.6. The molecule has 1 heterocycles. The number of esters is 2. The molecule has 0 N–H and O–H groups in total. The number of carbonyl (C=O) groups is 2. The number of hydrogen-bond donors (Lipinski definition) is 0. The van der Waals surface area contributed by atoms with Gasteiger partial charge in [0.2, 0.25) is 0 Å². The predicted octanol–water partition coefficient (Wildman–Crippen LogP) is 3.65. The van der Waals surface area contributed by atoms with Crippen LogP contribution in [0.1, 0.15) is 16.1 Å². The monoisotopic (exact) mass is 363 g/mol. The van der Waals surface area contributed by atoms with Gasteiger partial charge in [0, 0.05) is 11.5 Å². The van der Waals surface area contributed by atoms with Crippen LogP contribution < -0.4 is 9.47 Å². The molecule has 0 aliphatic heterocycles. The minimum Gasteiger partial charge on any atom is -0.493 e. The topological polar surface area (TPSA) is 74.7 Å². The average molecular weight is 363 g/mol. The Balaban J connectivity index is 1.82. The fourth-order valence-corrected chi connectivity index (χ4v) is 2.44. The summed E-state index contributed by atoms with van der Waals surface area (Å²) >= 11 is 0. The van der Waals surface area contributed by atoms with Gasteiger partial charge in [0.25, 0.3) is 0 Å². The van der Waals surface area contributed by atoms with Gasteiger partial charge in [-0.2, -0.15) is 0 Å². The smallest absolute Gasteiger partial charge is 0.362 e. The van der Waals surface area contributed by atoms with Gasteiger partial charge in [-0.15, -0.1) is 0 Å². The van der Waals surface area contributed by atoms with Gasteiger partial charge in [0.15, 0.2) is 11.5 Å². The van der Waals surface area contributed by atoms with Crippen LogP contribution in [0.3, 0.4) is 0 Å². The number of nitrogens with zero attached hydrogens (tertiary/aromatic N) is 1. The van der Waals surface area contributed by atoms with Gasteiger partial charge < -0.3 is 14.2 Å². The zero-order valence-corrected chi connectivity index (χ0v) is 14.8. The Bertz CT molecular complexity index is 1030. The second-order valence-corrected chi connectivity index (χ2v) is 5.55. The van der Waals surface area contributed by atoms with Crippen molar-refractivity contribution in [1.82, 2.24) is 4.98 Å². The SMILES string of the molecule is COC(=O)/C=C/c1ccc(OC(=O)c2ccc3ccccc3n2)c(OC)c1. The van der Waals surface area contributed by atoms with Crippen molar-refractivity contribution in [2.45, 2.75) is 0 Å². The maximum atomic E-state index is 12.4. The zero-order valence-electron chi connectivity index (χ0n) is 14.8. The summed E-state index contributed by atoms with van der Waals surface area (Å²) in [6.07, 6.45) is 2.87. The fourth-order valence-electron chi connectivity index (χ4n) is 2.44. The first kappa shape index (κ1) is 18.1. The molecule has 0 saturated heterocycles. The van der Waals surface area contributed by atoms with E-state index in [-0.39, 0.29) is 11.4 Å². The molecule has 6 nitrogen and oxygen atoms in total. The molecule has 0 aliphatic carbocycles. The zero-order chi connectivity index (χ0) is 19.2. The van der Waals surface area contributed by atoms with Crippen LogP contribution in [0, 0.1) is 0 Å². The first-order valence-corrected chi connectivity index (χ1v) is 8.13. The lowest BCUT2D eigenvalue weighted by Gasteiger charge is -2.10. The Morgan fingerprint density at radius 3 is 2.56 bits per heavy atom. The summed E-state index contributed by atoms with van der Waals surface area (Å²) in [4.78, 5) is 28.0. The Kier molecular flexibility index (Phi) is 5.47. The Hall–Kier alpha value is -3.67. The molecule has 0 saturated carbocycles. The molecule has 2 aromatic carbocycles. The fraction of sp³-hybridized carbons (Fsp3) is 0.0952. The van der Waals surface area contributed by atoms with Gasteiger partial charge in [-0.25, -0.2) is 14.6 Å². The summed E-state index contributed by atoms with van der Waals surface area (Å²) < 4.78 is 15.3. The second-order valence-electron chi connectivity index (χ2n) is 5.55. The summed E-state index contributed by atoms with van der Waals surface area (Å²) in [5, 5.41) is 0.938. The summed E-state index contributed by atoms with van der Waals surface area (Å²) in [6, 6.07) is 15.9. The largest absolute Gasteiger partial charge is 0.493 e. The lowest BCUT2D eigenvalue weighted by molar-refractivity contribution is -0.134. The average Bonchev–Trinajstić information content (AvgIpc) is 2.72. The number of benzene rings is 2. The van der Waals surface area contributed by atoms with Gasteiger partial charge in [-0.1, -0.05) is 30.3 Å². The predicted molar refractivity (Wildman–Crippen MR) is 101 cm³/mol. The lowest BCUT2D eigenvalue weighted by Crippen LogP contribution is -2.11. The third-order valence-electron chi connectivity index (χ3n) is 3.81. The van der Waals surface area contributed by atoms with E-state index in [4.69, 9.17) is 9.47 Å². The first-order chi connectivity index (χ1) is 13.1. The molecule has 27 heavy (non-hydrogen) atoms. The van der Waals surface area contributed by atoms with Crippen molar-refractivity contribution >= 4 is 28.9 Å². The number of fused-ring (bicyclic) bond motifs is 1. The molecule has 136 valence electrons. The third-order valence-corrected chi connectivity index (χ3v) is 3.81. The Labute approximate surface area is 156 Å². The number of carbonyl (C=O) groups excluding carboxylic acids is 2. The highest BCUT2D eigenvalue weighted by Gasteiger charge is 2.14. The van der Waals surface area contributed by atoms with E-state index in [1.807, 2.05) is 30.3 Å². The van der Waals surface area contributed by atoms with Crippen molar-refractivity contribution in [3.63, 3.8) is 0 Å². The molecule has 0 radical (unpaired) electrons. The summed E-state index contributed by atoms with van der Waals surface area (Å²) in [7, 11) is 2.77. The first-order valence-electron chi connectivity index (χ1n) is 8.13. The minimum atomic E-state index is -0.586. The molecule has 0 unspecified atom stereocenters. The normalized spacial score (nSPS) is 10.7. The molecular weight excluding hydrogens is 346 g/mol.